The summed E-state index contributed by atoms with van der Waals surface area (Å²) in [6.07, 6.45) is 47.9. The monoisotopic (exact) mass is 849 g/mol. The van der Waals surface area contributed by atoms with Gasteiger partial charge in [-0.25, -0.2) is 0 Å². The molecule has 0 amide bonds. The van der Waals surface area contributed by atoms with E-state index in [1.807, 2.05) is 0 Å². The van der Waals surface area contributed by atoms with Crippen LogP contribution in [0, 0.1) is 11.8 Å². The Morgan fingerprint density at radius 3 is 0.950 bits per heavy atom. The Morgan fingerprint density at radius 1 is 0.350 bits per heavy atom. The SMILES string of the molecule is CCCCCCCCCCCCCC(=O)OC[C@@H](COC(=O)CCCCCCCCCCCCC(C)CC)OC(=O)CCCCCCCCCCCCCCCCC(C)C. The van der Waals surface area contributed by atoms with E-state index in [1.165, 1.54) is 186 Å². The molecule has 1 unspecified atom stereocenters. The number of esters is 3. The fourth-order valence-electron chi connectivity index (χ4n) is 8.13. The van der Waals surface area contributed by atoms with Crippen LogP contribution in [-0.2, 0) is 28.6 Å². The quantitative estimate of drug-likeness (QED) is 0.0345. The van der Waals surface area contributed by atoms with E-state index < -0.39 is 6.10 Å². The van der Waals surface area contributed by atoms with E-state index in [4.69, 9.17) is 14.2 Å². The van der Waals surface area contributed by atoms with Crippen molar-refractivity contribution in [2.24, 2.45) is 11.8 Å². The van der Waals surface area contributed by atoms with Gasteiger partial charge in [0.25, 0.3) is 0 Å². The largest absolute Gasteiger partial charge is 0.462 e. The number of rotatable bonds is 48. The van der Waals surface area contributed by atoms with Crippen LogP contribution in [0.4, 0.5) is 0 Å². The van der Waals surface area contributed by atoms with Gasteiger partial charge in [0.05, 0.1) is 0 Å². The van der Waals surface area contributed by atoms with Crippen molar-refractivity contribution in [1.82, 2.24) is 0 Å². The Bertz CT molecular complexity index is 918. The van der Waals surface area contributed by atoms with Gasteiger partial charge in [-0.15, -0.1) is 0 Å². The average Bonchev–Trinajstić information content (AvgIpc) is 3.23. The van der Waals surface area contributed by atoms with Crippen LogP contribution in [0.5, 0.6) is 0 Å². The first kappa shape index (κ1) is 58.4. The van der Waals surface area contributed by atoms with Gasteiger partial charge in [0.2, 0.25) is 0 Å². The maximum atomic E-state index is 12.8. The van der Waals surface area contributed by atoms with Crippen molar-refractivity contribution >= 4 is 17.9 Å². The highest BCUT2D eigenvalue weighted by atomic mass is 16.6. The van der Waals surface area contributed by atoms with Gasteiger partial charge in [-0.3, -0.25) is 14.4 Å². The number of carbonyl (C=O) groups is 3. The fourth-order valence-corrected chi connectivity index (χ4v) is 8.13. The maximum absolute atomic E-state index is 12.8. The molecular formula is C54H104O6. The molecule has 0 fully saturated rings. The molecule has 0 radical (unpaired) electrons. The lowest BCUT2D eigenvalue weighted by molar-refractivity contribution is -0.167. The molecule has 356 valence electrons. The number of hydrogen-bond donors (Lipinski definition) is 0. The molecule has 0 N–H and O–H groups in total. The molecular weight excluding hydrogens is 745 g/mol. The summed E-state index contributed by atoms with van der Waals surface area (Å²) < 4.78 is 16.8. The molecule has 0 aliphatic carbocycles. The molecule has 0 spiro atoms. The maximum Gasteiger partial charge on any atom is 0.306 e. The first-order chi connectivity index (χ1) is 29.3. The molecule has 0 saturated heterocycles. The second-order valence-electron chi connectivity index (χ2n) is 19.2. The molecule has 0 aliphatic heterocycles. The molecule has 0 heterocycles. The molecule has 60 heavy (non-hydrogen) atoms. The van der Waals surface area contributed by atoms with Crippen LogP contribution in [0.25, 0.3) is 0 Å². The molecule has 6 heteroatoms. The molecule has 0 aliphatic rings. The average molecular weight is 849 g/mol. The van der Waals surface area contributed by atoms with E-state index in [9.17, 15) is 14.4 Å². The first-order valence-corrected chi connectivity index (χ1v) is 26.8. The topological polar surface area (TPSA) is 78.9 Å². The van der Waals surface area contributed by atoms with Gasteiger partial charge in [0.1, 0.15) is 13.2 Å². The van der Waals surface area contributed by atoms with Gasteiger partial charge in [-0.1, -0.05) is 259 Å². The summed E-state index contributed by atoms with van der Waals surface area (Å²) in [6, 6.07) is 0. The van der Waals surface area contributed by atoms with E-state index in [-0.39, 0.29) is 31.1 Å². The summed E-state index contributed by atoms with van der Waals surface area (Å²) in [5.74, 6) is 0.867. The van der Waals surface area contributed by atoms with Crippen molar-refractivity contribution in [3.8, 4) is 0 Å². The minimum absolute atomic E-state index is 0.0634. The highest BCUT2D eigenvalue weighted by Gasteiger charge is 2.19. The van der Waals surface area contributed by atoms with Crippen LogP contribution >= 0.6 is 0 Å². The van der Waals surface area contributed by atoms with Crippen LogP contribution < -0.4 is 0 Å². The molecule has 0 aromatic rings. The zero-order chi connectivity index (χ0) is 44.0. The van der Waals surface area contributed by atoms with Gasteiger partial charge in [0, 0.05) is 19.3 Å². The molecule has 6 nitrogen and oxygen atoms in total. The lowest BCUT2D eigenvalue weighted by atomic mass is 9.99. The number of ether oxygens (including phenoxy) is 3. The van der Waals surface area contributed by atoms with Crippen LogP contribution in [0.2, 0.25) is 0 Å². The van der Waals surface area contributed by atoms with Crippen LogP contribution in [-0.4, -0.2) is 37.2 Å². The predicted molar refractivity (Wildman–Crippen MR) is 256 cm³/mol. The summed E-state index contributed by atoms with van der Waals surface area (Å²) in [4.78, 5) is 38.0. The van der Waals surface area contributed by atoms with Crippen LogP contribution in [0.1, 0.15) is 298 Å². The predicted octanol–water partition coefficient (Wildman–Crippen LogP) is 17.3. The second kappa shape index (κ2) is 46.9. The van der Waals surface area contributed by atoms with Crippen LogP contribution in [0.15, 0.2) is 0 Å². The highest BCUT2D eigenvalue weighted by Crippen LogP contribution is 2.18. The van der Waals surface area contributed by atoms with Crippen molar-refractivity contribution in [2.45, 2.75) is 304 Å². The fraction of sp³-hybridized carbons (Fsp3) is 0.944. The zero-order valence-corrected chi connectivity index (χ0v) is 41.1. The minimum atomic E-state index is -0.761. The van der Waals surface area contributed by atoms with E-state index in [2.05, 4.69) is 34.6 Å². The molecule has 2 atom stereocenters. The summed E-state index contributed by atoms with van der Waals surface area (Å²) in [6.45, 7) is 11.4. The van der Waals surface area contributed by atoms with E-state index in [1.54, 1.807) is 0 Å². The number of unbranched alkanes of at least 4 members (excludes halogenated alkanes) is 32. The van der Waals surface area contributed by atoms with Gasteiger partial charge in [-0.05, 0) is 31.1 Å². The Hall–Kier alpha value is -1.59. The van der Waals surface area contributed by atoms with E-state index >= 15 is 0 Å². The van der Waals surface area contributed by atoms with Crippen molar-refractivity contribution < 1.29 is 28.6 Å². The minimum Gasteiger partial charge on any atom is -0.462 e. The number of hydrogen-bond acceptors (Lipinski definition) is 6. The normalized spacial score (nSPS) is 12.5. The smallest absolute Gasteiger partial charge is 0.306 e. The Morgan fingerprint density at radius 2 is 0.633 bits per heavy atom. The third kappa shape index (κ3) is 45.9. The van der Waals surface area contributed by atoms with Gasteiger partial charge in [-0.2, -0.15) is 0 Å². The molecule has 0 saturated carbocycles. The first-order valence-electron chi connectivity index (χ1n) is 26.8. The molecule has 0 bridgehead atoms. The third-order valence-electron chi connectivity index (χ3n) is 12.6. The Labute approximate surface area is 374 Å². The van der Waals surface area contributed by atoms with Crippen molar-refractivity contribution in [2.75, 3.05) is 13.2 Å². The summed E-state index contributed by atoms with van der Waals surface area (Å²) in [5.41, 5.74) is 0. The Kier molecular flexibility index (Phi) is 45.7. The lowest BCUT2D eigenvalue weighted by Crippen LogP contribution is -2.30. The summed E-state index contributed by atoms with van der Waals surface area (Å²) in [7, 11) is 0. The lowest BCUT2D eigenvalue weighted by Gasteiger charge is -2.18. The molecule has 0 rings (SSSR count). The molecule has 0 aromatic heterocycles. The zero-order valence-electron chi connectivity index (χ0n) is 41.1. The summed E-state index contributed by atoms with van der Waals surface area (Å²) in [5, 5.41) is 0. The second-order valence-corrected chi connectivity index (χ2v) is 19.2. The van der Waals surface area contributed by atoms with Gasteiger partial charge >= 0.3 is 17.9 Å². The highest BCUT2D eigenvalue weighted by molar-refractivity contribution is 5.71. The van der Waals surface area contributed by atoms with Crippen molar-refractivity contribution in [3.05, 3.63) is 0 Å². The third-order valence-corrected chi connectivity index (χ3v) is 12.6. The Balaban J connectivity index is 4.30. The van der Waals surface area contributed by atoms with E-state index in [0.29, 0.717) is 19.3 Å². The van der Waals surface area contributed by atoms with Gasteiger partial charge < -0.3 is 14.2 Å². The van der Waals surface area contributed by atoms with Crippen LogP contribution in [0.3, 0.4) is 0 Å². The van der Waals surface area contributed by atoms with Crippen molar-refractivity contribution in [1.29, 1.82) is 0 Å². The van der Waals surface area contributed by atoms with Gasteiger partial charge in [0.15, 0.2) is 6.10 Å². The van der Waals surface area contributed by atoms with Crippen molar-refractivity contribution in [3.63, 3.8) is 0 Å². The molecule has 0 aromatic carbocycles. The van der Waals surface area contributed by atoms with E-state index in [0.717, 1.165) is 69.6 Å². The standard InChI is InChI=1S/C54H104O6/c1-6-8-9-10-11-12-17-24-29-34-39-44-52(55)58-47-51(48-59-53(56)45-40-35-30-25-21-20-23-28-33-38-43-50(5)7-2)60-54(57)46-41-36-31-26-19-16-14-13-15-18-22-27-32-37-42-49(3)4/h49-51H,6-48H2,1-5H3/t50?,51-/m0/s1. The number of carbonyl (C=O) groups excluding carboxylic acids is 3. The summed E-state index contributed by atoms with van der Waals surface area (Å²) >= 11 is 0.